The number of benzene rings is 4. The van der Waals surface area contributed by atoms with E-state index in [0.717, 1.165) is 42.8 Å². The second-order valence-corrected chi connectivity index (χ2v) is 15.1. The lowest BCUT2D eigenvalue weighted by atomic mass is 9.94. The van der Waals surface area contributed by atoms with E-state index in [-0.39, 0.29) is 9.67 Å². The summed E-state index contributed by atoms with van der Waals surface area (Å²) in [5, 5.41) is 8.31. The topological polar surface area (TPSA) is 0 Å². The molecule has 0 aliphatic carbocycles. The Bertz CT molecular complexity index is 1200. The van der Waals surface area contributed by atoms with Crippen molar-refractivity contribution in [3.63, 3.8) is 0 Å². The SMILES string of the molecule is ClC(Cl)CCCCCPc1ccc2ccccc2c1-c1c(PCCCCCC(Cl)Cl)ccc2ccccc12. The molecule has 4 aromatic carbocycles. The molecule has 0 N–H and O–H groups in total. The van der Waals surface area contributed by atoms with Crippen LogP contribution in [0.4, 0.5) is 0 Å². The molecule has 0 aliphatic heterocycles. The first-order valence-corrected chi connectivity index (χ1v) is 17.8. The van der Waals surface area contributed by atoms with Crippen molar-refractivity contribution in [1.82, 2.24) is 0 Å². The first kappa shape index (κ1) is 30.4. The summed E-state index contributed by atoms with van der Waals surface area (Å²) in [6.45, 7) is 0. The Labute approximate surface area is 251 Å². The highest BCUT2D eigenvalue weighted by Gasteiger charge is 2.17. The highest BCUT2D eigenvalue weighted by Crippen LogP contribution is 2.37. The van der Waals surface area contributed by atoms with Crippen LogP contribution in [0.3, 0.4) is 0 Å². The smallest absolute Gasteiger partial charge is 0.105 e. The molecule has 0 fully saturated rings. The van der Waals surface area contributed by atoms with Gasteiger partial charge in [-0.1, -0.05) is 116 Å². The molecule has 0 aliphatic rings. The Kier molecular flexibility index (Phi) is 12.8. The first-order valence-electron chi connectivity index (χ1n) is 13.6. The standard InChI is InChI=1S/C32H36Cl4P2/c33-29(34)15-3-1-9-21-37-27-19-17-23-11-5-7-13-25(23)31(27)32-26-14-8-6-12-24(26)18-20-28(32)38-22-10-2-4-16-30(35)36/h5-8,11-14,17-20,29-30,37-38H,1-4,9-10,15-16,21-22H2. The van der Waals surface area contributed by atoms with Gasteiger partial charge < -0.3 is 0 Å². The van der Waals surface area contributed by atoms with Crippen molar-refractivity contribution in [1.29, 1.82) is 0 Å². The summed E-state index contributed by atoms with van der Waals surface area (Å²) in [6.07, 6.45) is 11.1. The van der Waals surface area contributed by atoms with Gasteiger partial charge in [-0.3, -0.25) is 0 Å². The van der Waals surface area contributed by atoms with E-state index in [4.69, 9.17) is 46.4 Å². The fraction of sp³-hybridized carbons (Fsp3) is 0.375. The van der Waals surface area contributed by atoms with E-state index in [1.807, 2.05) is 0 Å². The van der Waals surface area contributed by atoms with Gasteiger partial charge in [0.1, 0.15) is 9.67 Å². The van der Waals surface area contributed by atoms with Crippen molar-refractivity contribution < 1.29 is 0 Å². The summed E-state index contributed by atoms with van der Waals surface area (Å²) >= 11 is 23.7. The Morgan fingerprint density at radius 2 is 0.895 bits per heavy atom. The molecule has 0 saturated carbocycles. The predicted molar refractivity (Wildman–Crippen MR) is 180 cm³/mol. The molecular formula is C32H36Cl4P2. The molecule has 0 radical (unpaired) electrons. The van der Waals surface area contributed by atoms with Crippen molar-refractivity contribution in [2.24, 2.45) is 0 Å². The maximum absolute atomic E-state index is 5.92. The monoisotopic (exact) mass is 622 g/mol. The van der Waals surface area contributed by atoms with Crippen LogP contribution in [0, 0.1) is 0 Å². The molecule has 0 bridgehead atoms. The number of hydrogen-bond acceptors (Lipinski definition) is 0. The minimum absolute atomic E-state index is 0.243. The van der Waals surface area contributed by atoms with Crippen LogP contribution in [-0.2, 0) is 0 Å². The molecule has 0 nitrogen and oxygen atoms in total. The van der Waals surface area contributed by atoms with E-state index in [9.17, 15) is 0 Å². The molecule has 4 aromatic rings. The summed E-state index contributed by atoms with van der Waals surface area (Å²) in [4.78, 5) is -0.486. The highest BCUT2D eigenvalue weighted by molar-refractivity contribution is 7.48. The second kappa shape index (κ2) is 16.0. The van der Waals surface area contributed by atoms with E-state index < -0.39 is 0 Å². The van der Waals surface area contributed by atoms with Crippen LogP contribution in [0.25, 0.3) is 32.7 Å². The number of fused-ring (bicyclic) bond motifs is 2. The normalized spacial score (nSPS) is 12.5. The van der Waals surface area contributed by atoms with Crippen LogP contribution < -0.4 is 10.6 Å². The Hall–Kier alpha value is -0.580. The largest absolute Gasteiger partial charge is 0.107 e. The van der Waals surface area contributed by atoms with Gasteiger partial charge in [-0.05, 0) is 81.3 Å². The lowest BCUT2D eigenvalue weighted by Crippen LogP contribution is -2.10. The van der Waals surface area contributed by atoms with Crippen LogP contribution in [-0.4, -0.2) is 22.0 Å². The lowest BCUT2D eigenvalue weighted by molar-refractivity contribution is 0.696. The molecule has 202 valence electrons. The molecule has 2 unspecified atom stereocenters. The maximum atomic E-state index is 5.92. The third-order valence-corrected chi connectivity index (χ3v) is 10.6. The number of rotatable bonds is 15. The molecular weight excluding hydrogens is 588 g/mol. The van der Waals surface area contributed by atoms with E-state index in [0.29, 0.717) is 0 Å². The van der Waals surface area contributed by atoms with Gasteiger partial charge in [-0.2, -0.15) is 0 Å². The van der Waals surface area contributed by atoms with Crippen LogP contribution in [0.5, 0.6) is 0 Å². The number of alkyl halides is 4. The average Bonchev–Trinajstić information content (AvgIpc) is 2.92. The summed E-state index contributed by atoms with van der Waals surface area (Å²) < 4.78 is 0. The Balaban J connectivity index is 1.66. The molecule has 0 aromatic heterocycles. The van der Waals surface area contributed by atoms with Gasteiger partial charge >= 0.3 is 0 Å². The molecule has 4 rings (SSSR count). The van der Waals surface area contributed by atoms with Gasteiger partial charge in [-0.25, -0.2) is 0 Å². The zero-order valence-electron chi connectivity index (χ0n) is 21.7. The number of halogens is 4. The van der Waals surface area contributed by atoms with Crippen LogP contribution in [0.15, 0.2) is 72.8 Å². The minimum Gasteiger partial charge on any atom is -0.105 e. The fourth-order valence-corrected chi connectivity index (χ4v) is 8.31. The van der Waals surface area contributed by atoms with E-state index in [1.165, 1.54) is 81.3 Å². The number of hydrogen-bond donors (Lipinski definition) is 0. The third-order valence-electron chi connectivity index (χ3n) is 6.94. The lowest BCUT2D eigenvalue weighted by Gasteiger charge is -2.19. The van der Waals surface area contributed by atoms with Gasteiger partial charge in [0.05, 0.1) is 0 Å². The maximum Gasteiger partial charge on any atom is 0.107 e. The molecule has 6 heteroatoms. The summed E-state index contributed by atoms with van der Waals surface area (Å²) in [7, 11) is 1.55. The second-order valence-electron chi connectivity index (χ2n) is 9.75. The third kappa shape index (κ3) is 8.71. The summed E-state index contributed by atoms with van der Waals surface area (Å²) in [5.74, 6) is 0. The van der Waals surface area contributed by atoms with E-state index in [1.54, 1.807) is 0 Å². The number of unbranched alkanes of at least 4 members (excludes halogenated alkanes) is 4. The fourth-order valence-electron chi connectivity index (χ4n) is 5.02. The first-order chi connectivity index (χ1) is 18.5. The van der Waals surface area contributed by atoms with Gasteiger partial charge in [0, 0.05) is 0 Å². The van der Waals surface area contributed by atoms with Gasteiger partial charge in [0.2, 0.25) is 0 Å². The van der Waals surface area contributed by atoms with Crippen LogP contribution in [0.1, 0.15) is 51.4 Å². The average molecular weight is 624 g/mol. The molecule has 0 amide bonds. The zero-order valence-corrected chi connectivity index (χ0v) is 26.7. The van der Waals surface area contributed by atoms with Gasteiger partial charge in [0.25, 0.3) is 0 Å². The van der Waals surface area contributed by atoms with Crippen molar-refractivity contribution in [3.8, 4) is 11.1 Å². The van der Waals surface area contributed by atoms with Crippen molar-refractivity contribution >= 4 is 95.7 Å². The van der Waals surface area contributed by atoms with Crippen LogP contribution in [0.2, 0.25) is 0 Å². The summed E-state index contributed by atoms with van der Waals surface area (Å²) in [5.41, 5.74) is 2.88. The molecule has 38 heavy (non-hydrogen) atoms. The van der Waals surface area contributed by atoms with Crippen molar-refractivity contribution in [2.45, 2.75) is 61.0 Å². The summed E-state index contributed by atoms with van der Waals surface area (Å²) in [6, 6.07) is 27.1. The molecule has 0 saturated heterocycles. The van der Waals surface area contributed by atoms with Gasteiger partial charge in [-0.15, -0.1) is 46.4 Å². The van der Waals surface area contributed by atoms with E-state index in [2.05, 4.69) is 72.8 Å². The van der Waals surface area contributed by atoms with Gasteiger partial charge in [0.15, 0.2) is 0 Å². The van der Waals surface area contributed by atoms with E-state index >= 15 is 0 Å². The van der Waals surface area contributed by atoms with Crippen molar-refractivity contribution in [3.05, 3.63) is 72.8 Å². The highest BCUT2D eigenvalue weighted by atomic mass is 35.5. The molecule has 2 atom stereocenters. The molecule has 0 heterocycles. The quantitative estimate of drug-likeness (QED) is 0.0702. The zero-order chi connectivity index (χ0) is 26.7. The Morgan fingerprint density at radius 1 is 0.474 bits per heavy atom. The predicted octanol–water partition coefficient (Wildman–Crippen LogP) is 11.0. The molecule has 0 spiro atoms. The van der Waals surface area contributed by atoms with Crippen LogP contribution >= 0.6 is 63.6 Å². The Morgan fingerprint density at radius 3 is 1.32 bits per heavy atom. The minimum atomic E-state index is -0.243. The van der Waals surface area contributed by atoms with Crippen molar-refractivity contribution in [2.75, 3.05) is 12.3 Å².